The number of nitrogens with one attached hydrogen (secondary N) is 1. The van der Waals surface area contributed by atoms with Gasteiger partial charge in [0.15, 0.2) is 0 Å². The number of rotatable bonds is 4. The van der Waals surface area contributed by atoms with Gasteiger partial charge in [-0.05, 0) is 55.9 Å². The van der Waals surface area contributed by atoms with E-state index in [1.54, 1.807) is 0 Å². The van der Waals surface area contributed by atoms with Crippen molar-refractivity contribution < 1.29 is 4.79 Å². The third-order valence-electron chi connectivity index (χ3n) is 8.71. The summed E-state index contributed by atoms with van der Waals surface area (Å²) in [6.45, 7) is 4.03. The number of carbonyl (C=O) groups is 1. The molecular formula is C26H39N3O. The lowest BCUT2D eigenvalue weighted by Gasteiger charge is -2.48. The lowest BCUT2D eigenvalue weighted by Crippen LogP contribution is -2.59. The Kier molecular flexibility index (Phi) is 6.15. The number of piperidine rings is 1. The van der Waals surface area contributed by atoms with Crippen LogP contribution >= 0.6 is 0 Å². The second kappa shape index (κ2) is 9.00. The van der Waals surface area contributed by atoms with Gasteiger partial charge in [-0.3, -0.25) is 14.6 Å². The standard InChI is InChI=1S/C26H39N3O/c30-25-26(29(20-27-25)19-21-9-3-1-4-10-21)15-17-28(18-16-26)24-14-8-7-13-23(24)22-11-5-2-6-12-22/h2,5-6,11-12,21,23-24H,1,3-4,7-10,13-20H2,(H,27,30). The monoisotopic (exact) mass is 409 g/mol. The number of amides is 1. The molecule has 2 saturated heterocycles. The van der Waals surface area contributed by atoms with Crippen molar-refractivity contribution in [2.24, 2.45) is 5.92 Å². The van der Waals surface area contributed by atoms with E-state index in [1.165, 1.54) is 63.4 Å². The average Bonchev–Trinajstić information content (AvgIpc) is 3.10. The van der Waals surface area contributed by atoms with E-state index in [1.807, 2.05) is 0 Å². The molecule has 30 heavy (non-hydrogen) atoms. The maximum Gasteiger partial charge on any atom is 0.241 e. The summed E-state index contributed by atoms with van der Waals surface area (Å²) in [5, 5.41) is 3.22. The molecule has 2 saturated carbocycles. The first-order valence-corrected chi connectivity index (χ1v) is 12.6. The zero-order valence-electron chi connectivity index (χ0n) is 18.5. The van der Waals surface area contributed by atoms with Crippen molar-refractivity contribution in [2.45, 2.75) is 88.1 Å². The van der Waals surface area contributed by atoms with Crippen LogP contribution in [0.25, 0.3) is 0 Å². The normalized spacial score (nSPS) is 31.1. The van der Waals surface area contributed by atoms with Gasteiger partial charge in [0, 0.05) is 25.7 Å². The highest BCUT2D eigenvalue weighted by atomic mass is 16.2. The molecular weight excluding hydrogens is 370 g/mol. The summed E-state index contributed by atoms with van der Waals surface area (Å²) in [5.41, 5.74) is 1.28. The maximum absolute atomic E-state index is 13.0. The number of hydrogen-bond acceptors (Lipinski definition) is 3. The van der Waals surface area contributed by atoms with Crippen molar-refractivity contribution in [1.82, 2.24) is 15.1 Å². The van der Waals surface area contributed by atoms with Crippen LogP contribution in [0.5, 0.6) is 0 Å². The minimum Gasteiger partial charge on any atom is -0.342 e. The van der Waals surface area contributed by atoms with Crippen LogP contribution in [0.2, 0.25) is 0 Å². The Balaban J connectivity index is 1.26. The summed E-state index contributed by atoms with van der Waals surface area (Å²) in [7, 11) is 0. The Morgan fingerprint density at radius 3 is 2.37 bits per heavy atom. The third-order valence-corrected chi connectivity index (χ3v) is 8.71. The lowest BCUT2D eigenvalue weighted by molar-refractivity contribution is -0.130. The molecule has 4 nitrogen and oxygen atoms in total. The van der Waals surface area contributed by atoms with Crippen molar-refractivity contribution in [3.05, 3.63) is 35.9 Å². The van der Waals surface area contributed by atoms with E-state index in [2.05, 4.69) is 45.4 Å². The molecule has 1 N–H and O–H groups in total. The Morgan fingerprint density at radius 2 is 1.60 bits per heavy atom. The van der Waals surface area contributed by atoms with Gasteiger partial charge in [0.2, 0.25) is 5.91 Å². The van der Waals surface area contributed by atoms with E-state index in [0.717, 1.165) is 45.1 Å². The zero-order chi connectivity index (χ0) is 20.4. The predicted molar refractivity (Wildman–Crippen MR) is 121 cm³/mol. The van der Waals surface area contributed by atoms with Crippen LogP contribution in [-0.4, -0.2) is 53.6 Å². The van der Waals surface area contributed by atoms with Crippen LogP contribution in [0.4, 0.5) is 0 Å². The molecule has 2 aliphatic heterocycles. The molecule has 2 aliphatic carbocycles. The van der Waals surface area contributed by atoms with E-state index >= 15 is 0 Å². The summed E-state index contributed by atoms with van der Waals surface area (Å²) in [6, 6.07) is 11.8. The van der Waals surface area contributed by atoms with Gasteiger partial charge in [-0.15, -0.1) is 0 Å². The summed E-state index contributed by atoms with van der Waals surface area (Å²) in [4.78, 5) is 18.3. The fourth-order valence-corrected chi connectivity index (χ4v) is 6.95. The molecule has 0 bridgehead atoms. The summed E-state index contributed by atoms with van der Waals surface area (Å²) in [6.07, 6.45) is 14.2. The average molecular weight is 410 g/mol. The van der Waals surface area contributed by atoms with Crippen LogP contribution in [0.3, 0.4) is 0 Å². The van der Waals surface area contributed by atoms with Crippen LogP contribution < -0.4 is 5.32 Å². The summed E-state index contributed by atoms with van der Waals surface area (Å²) < 4.78 is 0. The molecule has 4 heteroatoms. The maximum atomic E-state index is 13.0. The second-order valence-electron chi connectivity index (χ2n) is 10.3. The molecule has 2 unspecified atom stereocenters. The minimum atomic E-state index is -0.231. The topological polar surface area (TPSA) is 35.6 Å². The Bertz CT molecular complexity index is 706. The van der Waals surface area contributed by atoms with E-state index in [4.69, 9.17) is 0 Å². The zero-order valence-corrected chi connectivity index (χ0v) is 18.5. The first-order valence-electron chi connectivity index (χ1n) is 12.6. The van der Waals surface area contributed by atoms with Crippen LogP contribution in [0, 0.1) is 5.92 Å². The smallest absolute Gasteiger partial charge is 0.241 e. The highest BCUT2D eigenvalue weighted by molar-refractivity contribution is 5.88. The molecule has 0 radical (unpaired) electrons. The van der Waals surface area contributed by atoms with Gasteiger partial charge in [-0.1, -0.05) is 62.4 Å². The highest BCUT2D eigenvalue weighted by Crippen LogP contribution is 2.40. The van der Waals surface area contributed by atoms with Crippen molar-refractivity contribution in [1.29, 1.82) is 0 Å². The predicted octanol–water partition coefficient (Wildman–Crippen LogP) is 4.52. The van der Waals surface area contributed by atoms with Crippen LogP contribution in [0.15, 0.2) is 30.3 Å². The molecule has 2 atom stereocenters. The molecule has 4 fully saturated rings. The van der Waals surface area contributed by atoms with E-state index in [9.17, 15) is 4.79 Å². The molecule has 1 aromatic rings. The quantitative estimate of drug-likeness (QED) is 0.794. The largest absolute Gasteiger partial charge is 0.342 e. The van der Waals surface area contributed by atoms with Gasteiger partial charge in [-0.25, -0.2) is 0 Å². The SMILES string of the molecule is O=C1NCN(CC2CCCCC2)C12CCN(C1CCCCC1c1ccccc1)CC2. The Hall–Kier alpha value is -1.39. The highest BCUT2D eigenvalue weighted by Gasteiger charge is 2.51. The van der Waals surface area contributed by atoms with Gasteiger partial charge < -0.3 is 5.32 Å². The van der Waals surface area contributed by atoms with Gasteiger partial charge in [0.05, 0.1) is 6.67 Å². The number of hydrogen-bond donors (Lipinski definition) is 1. The Morgan fingerprint density at radius 1 is 0.900 bits per heavy atom. The summed E-state index contributed by atoms with van der Waals surface area (Å²) in [5.74, 6) is 1.76. The fraction of sp³-hybridized carbons (Fsp3) is 0.731. The third kappa shape index (κ3) is 3.93. The summed E-state index contributed by atoms with van der Waals surface area (Å²) >= 11 is 0. The van der Waals surface area contributed by atoms with Crippen LogP contribution in [-0.2, 0) is 4.79 Å². The molecule has 164 valence electrons. The van der Waals surface area contributed by atoms with Crippen molar-refractivity contribution in [3.63, 3.8) is 0 Å². The second-order valence-corrected chi connectivity index (χ2v) is 10.3. The molecule has 5 rings (SSSR count). The number of carbonyl (C=O) groups excluding carboxylic acids is 1. The van der Waals surface area contributed by atoms with Crippen molar-refractivity contribution in [3.8, 4) is 0 Å². The Labute approximate surface area is 182 Å². The molecule has 1 amide bonds. The molecule has 2 heterocycles. The first-order chi connectivity index (χ1) is 14.8. The lowest BCUT2D eigenvalue weighted by atomic mass is 9.77. The van der Waals surface area contributed by atoms with Crippen LogP contribution in [0.1, 0.15) is 82.1 Å². The molecule has 4 aliphatic rings. The number of nitrogens with zero attached hydrogens (tertiary/aromatic N) is 2. The fourth-order valence-electron chi connectivity index (χ4n) is 6.95. The first kappa shape index (κ1) is 20.5. The van der Waals surface area contributed by atoms with Crippen molar-refractivity contribution >= 4 is 5.91 Å². The van der Waals surface area contributed by atoms with E-state index in [-0.39, 0.29) is 5.54 Å². The van der Waals surface area contributed by atoms with E-state index < -0.39 is 0 Å². The van der Waals surface area contributed by atoms with Gasteiger partial charge in [0.1, 0.15) is 5.54 Å². The van der Waals surface area contributed by atoms with Gasteiger partial charge in [0.25, 0.3) is 0 Å². The van der Waals surface area contributed by atoms with Crippen molar-refractivity contribution in [2.75, 3.05) is 26.3 Å². The number of likely N-dealkylation sites (tertiary alicyclic amines) is 1. The van der Waals surface area contributed by atoms with Gasteiger partial charge in [-0.2, -0.15) is 0 Å². The van der Waals surface area contributed by atoms with Gasteiger partial charge >= 0.3 is 0 Å². The molecule has 1 spiro atoms. The van der Waals surface area contributed by atoms with E-state index in [0.29, 0.717) is 17.9 Å². The number of benzene rings is 1. The molecule has 0 aromatic heterocycles. The molecule has 1 aromatic carbocycles. The minimum absolute atomic E-state index is 0.231.